The molecule has 0 aliphatic carbocycles. The Morgan fingerprint density at radius 1 is 1.22 bits per heavy atom. The molecule has 0 amide bonds. The lowest BCUT2D eigenvalue weighted by Gasteiger charge is -2.10. The van der Waals surface area contributed by atoms with Gasteiger partial charge in [-0.2, -0.15) is 4.98 Å². The van der Waals surface area contributed by atoms with E-state index in [0.717, 1.165) is 12.1 Å². The first-order valence-electron chi connectivity index (χ1n) is 4.81. The highest BCUT2D eigenvalue weighted by molar-refractivity contribution is 6.39. The molecule has 1 heterocycles. The van der Waals surface area contributed by atoms with Crippen molar-refractivity contribution in [2.45, 2.75) is 0 Å². The standard InChI is InChI=1S/C10H8Cl2FN5/c11-6-3-5(13)4-7(12)9(6)16-8-1-2-15-10(17-8)18-14/h1-4H,14H2,(H2,15,16,17,18). The van der Waals surface area contributed by atoms with Gasteiger partial charge in [0.15, 0.2) is 0 Å². The molecule has 0 atom stereocenters. The number of anilines is 3. The van der Waals surface area contributed by atoms with E-state index >= 15 is 0 Å². The molecule has 5 nitrogen and oxygen atoms in total. The van der Waals surface area contributed by atoms with Crippen molar-refractivity contribution < 1.29 is 4.39 Å². The second kappa shape index (κ2) is 5.34. The molecule has 1 aromatic carbocycles. The van der Waals surface area contributed by atoms with Gasteiger partial charge in [0.2, 0.25) is 5.95 Å². The Bertz CT molecular complexity index is 555. The summed E-state index contributed by atoms with van der Waals surface area (Å²) in [7, 11) is 0. The maximum absolute atomic E-state index is 13.0. The van der Waals surface area contributed by atoms with Gasteiger partial charge in [-0.1, -0.05) is 23.2 Å². The van der Waals surface area contributed by atoms with E-state index in [-0.39, 0.29) is 16.0 Å². The van der Waals surface area contributed by atoms with Crippen LogP contribution in [0.1, 0.15) is 0 Å². The fraction of sp³-hybridized carbons (Fsp3) is 0. The summed E-state index contributed by atoms with van der Waals surface area (Å²) < 4.78 is 13.0. The molecular weight excluding hydrogens is 280 g/mol. The monoisotopic (exact) mass is 287 g/mol. The van der Waals surface area contributed by atoms with Gasteiger partial charge < -0.3 is 5.32 Å². The normalized spacial score (nSPS) is 10.2. The molecule has 18 heavy (non-hydrogen) atoms. The summed E-state index contributed by atoms with van der Waals surface area (Å²) in [5, 5.41) is 3.17. The Hall–Kier alpha value is -1.63. The summed E-state index contributed by atoms with van der Waals surface area (Å²) in [6.07, 6.45) is 1.50. The Kier molecular flexibility index (Phi) is 3.81. The predicted molar refractivity (Wildman–Crippen MR) is 69.5 cm³/mol. The number of rotatable bonds is 3. The Morgan fingerprint density at radius 3 is 2.50 bits per heavy atom. The predicted octanol–water partition coefficient (Wildman–Crippen LogP) is 2.95. The summed E-state index contributed by atoms with van der Waals surface area (Å²) in [6, 6.07) is 3.90. The summed E-state index contributed by atoms with van der Waals surface area (Å²) in [4.78, 5) is 7.87. The molecule has 0 saturated heterocycles. The van der Waals surface area contributed by atoms with E-state index in [1.165, 1.54) is 6.20 Å². The average molecular weight is 288 g/mol. The average Bonchev–Trinajstić information content (AvgIpc) is 2.34. The van der Waals surface area contributed by atoms with E-state index < -0.39 is 5.82 Å². The van der Waals surface area contributed by atoms with Crippen molar-refractivity contribution in [3.8, 4) is 0 Å². The second-order valence-corrected chi connectivity index (χ2v) is 4.09. The van der Waals surface area contributed by atoms with Gasteiger partial charge in [-0.3, -0.25) is 5.43 Å². The molecule has 0 saturated carbocycles. The highest BCUT2D eigenvalue weighted by Gasteiger charge is 2.09. The molecule has 0 radical (unpaired) electrons. The highest BCUT2D eigenvalue weighted by Crippen LogP contribution is 2.33. The van der Waals surface area contributed by atoms with Crippen LogP contribution in [0.25, 0.3) is 0 Å². The van der Waals surface area contributed by atoms with E-state index in [2.05, 4.69) is 20.7 Å². The molecule has 0 unspecified atom stereocenters. The van der Waals surface area contributed by atoms with Crippen molar-refractivity contribution >= 4 is 40.7 Å². The van der Waals surface area contributed by atoms with Crippen LogP contribution >= 0.6 is 23.2 Å². The fourth-order valence-electron chi connectivity index (χ4n) is 1.29. The maximum atomic E-state index is 13.0. The lowest BCUT2D eigenvalue weighted by molar-refractivity contribution is 0.628. The molecule has 2 aromatic rings. The van der Waals surface area contributed by atoms with Gasteiger partial charge in [0.05, 0.1) is 15.7 Å². The molecule has 4 N–H and O–H groups in total. The van der Waals surface area contributed by atoms with E-state index in [1.807, 2.05) is 0 Å². The molecule has 1 aromatic heterocycles. The van der Waals surface area contributed by atoms with Crippen molar-refractivity contribution in [1.29, 1.82) is 0 Å². The van der Waals surface area contributed by atoms with E-state index in [0.29, 0.717) is 11.5 Å². The number of nitrogens with zero attached hydrogens (tertiary/aromatic N) is 2. The first-order chi connectivity index (χ1) is 8.60. The summed E-state index contributed by atoms with van der Waals surface area (Å²) >= 11 is 11.8. The number of aromatic nitrogens is 2. The Morgan fingerprint density at radius 2 is 1.89 bits per heavy atom. The number of halogens is 3. The zero-order valence-corrected chi connectivity index (χ0v) is 10.4. The van der Waals surface area contributed by atoms with E-state index in [4.69, 9.17) is 29.0 Å². The Balaban J connectivity index is 2.33. The van der Waals surface area contributed by atoms with Crippen molar-refractivity contribution in [2.24, 2.45) is 5.84 Å². The third-order valence-electron chi connectivity index (χ3n) is 2.04. The molecule has 2 rings (SSSR count). The lowest BCUT2D eigenvalue weighted by atomic mass is 10.3. The van der Waals surface area contributed by atoms with Gasteiger partial charge in [0.1, 0.15) is 11.6 Å². The van der Waals surface area contributed by atoms with Crippen LogP contribution in [0.4, 0.5) is 21.8 Å². The van der Waals surface area contributed by atoms with Crippen LogP contribution in [-0.4, -0.2) is 9.97 Å². The molecule has 0 bridgehead atoms. The fourth-order valence-corrected chi connectivity index (χ4v) is 1.84. The maximum Gasteiger partial charge on any atom is 0.239 e. The van der Waals surface area contributed by atoms with E-state index in [9.17, 15) is 4.39 Å². The van der Waals surface area contributed by atoms with Crippen LogP contribution in [0.5, 0.6) is 0 Å². The lowest BCUT2D eigenvalue weighted by Crippen LogP contribution is -2.11. The number of benzene rings is 1. The minimum absolute atomic E-state index is 0.154. The summed E-state index contributed by atoms with van der Waals surface area (Å²) in [5.74, 6) is 5.33. The summed E-state index contributed by atoms with van der Waals surface area (Å²) in [6.45, 7) is 0. The van der Waals surface area contributed by atoms with E-state index in [1.54, 1.807) is 6.07 Å². The topological polar surface area (TPSA) is 75.9 Å². The molecule has 0 fully saturated rings. The highest BCUT2D eigenvalue weighted by atomic mass is 35.5. The SMILES string of the molecule is NNc1nccc(Nc2c(Cl)cc(F)cc2Cl)n1. The molecule has 0 spiro atoms. The zero-order chi connectivity index (χ0) is 13.1. The number of hydrazine groups is 1. The first kappa shape index (κ1) is 12.8. The van der Waals surface area contributed by atoms with Crippen LogP contribution < -0.4 is 16.6 Å². The minimum Gasteiger partial charge on any atom is -0.338 e. The smallest absolute Gasteiger partial charge is 0.239 e. The number of hydrogen-bond donors (Lipinski definition) is 3. The first-order valence-corrected chi connectivity index (χ1v) is 5.57. The quantitative estimate of drug-likeness (QED) is 0.598. The van der Waals surface area contributed by atoms with Crippen LogP contribution in [0.3, 0.4) is 0 Å². The van der Waals surface area contributed by atoms with Crippen LogP contribution in [-0.2, 0) is 0 Å². The van der Waals surface area contributed by atoms with Gasteiger partial charge in [-0.15, -0.1) is 0 Å². The number of nitrogens with one attached hydrogen (secondary N) is 2. The number of nitrogen functional groups attached to an aromatic ring is 1. The zero-order valence-electron chi connectivity index (χ0n) is 8.92. The van der Waals surface area contributed by atoms with Crippen LogP contribution in [0, 0.1) is 5.82 Å². The molecule has 0 aliphatic heterocycles. The van der Waals surface area contributed by atoms with Gasteiger partial charge in [0.25, 0.3) is 0 Å². The molecule has 0 aliphatic rings. The van der Waals surface area contributed by atoms with Crippen molar-refractivity contribution in [1.82, 2.24) is 9.97 Å². The van der Waals surface area contributed by atoms with Crippen molar-refractivity contribution in [3.05, 3.63) is 40.3 Å². The third kappa shape index (κ3) is 2.79. The number of nitrogens with two attached hydrogens (primary N) is 1. The van der Waals surface area contributed by atoms with Gasteiger partial charge in [-0.25, -0.2) is 15.2 Å². The van der Waals surface area contributed by atoms with Gasteiger partial charge >= 0.3 is 0 Å². The second-order valence-electron chi connectivity index (χ2n) is 3.28. The molecular formula is C10H8Cl2FN5. The van der Waals surface area contributed by atoms with Gasteiger partial charge in [-0.05, 0) is 18.2 Å². The molecule has 94 valence electrons. The van der Waals surface area contributed by atoms with Gasteiger partial charge in [0, 0.05) is 6.20 Å². The molecule has 8 heteroatoms. The largest absolute Gasteiger partial charge is 0.338 e. The number of hydrogen-bond acceptors (Lipinski definition) is 5. The van der Waals surface area contributed by atoms with Crippen LogP contribution in [0.15, 0.2) is 24.4 Å². The van der Waals surface area contributed by atoms with Crippen molar-refractivity contribution in [3.63, 3.8) is 0 Å². The summed E-state index contributed by atoms with van der Waals surface area (Å²) in [5.41, 5.74) is 2.67. The third-order valence-corrected chi connectivity index (χ3v) is 2.64. The van der Waals surface area contributed by atoms with Crippen molar-refractivity contribution in [2.75, 3.05) is 10.7 Å². The van der Waals surface area contributed by atoms with Crippen LogP contribution in [0.2, 0.25) is 10.0 Å². The Labute approximate surface area is 112 Å². The minimum atomic E-state index is -0.512.